The highest BCUT2D eigenvalue weighted by Crippen LogP contribution is 2.36. The molecule has 0 radical (unpaired) electrons. The van der Waals surface area contributed by atoms with Crippen molar-refractivity contribution in [2.45, 2.75) is 18.2 Å². The first-order valence-electron chi connectivity index (χ1n) is 11.1. The Hall–Kier alpha value is -3.16. The van der Waals surface area contributed by atoms with Gasteiger partial charge < -0.3 is 9.64 Å². The molecule has 0 aromatic heterocycles. The molecule has 3 aromatic rings. The third-order valence-corrected chi connectivity index (χ3v) is 8.08. The van der Waals surface area contributed by atoms with E-state index in [1.165, 1.54) is 4.31 Å². The molecule has 0 unspecified atom stereocenters. The van der Waals surface area contributed by atoms with Gasteiger partial charge in [-0.25, -0.2) is 8.42 Å². The van der Waals surface area contributed by atoms with E-state index in [0.29, 0.717) is 49.7 Å². The van der Waals surface area contributed by atoms with Gasteiger partial charge in [0.15, 0.2) is 0 Å². The van der Waals surface area contributed by atoms with Crippen LogP contribution in [0.25, 0.3) is 11.1 Å². The molecule has 2 heterocycles. The fourth-order valence-electron chi connectivity index (χ4n) is 4.46. The van der Waals surface area contributed by atoms with Gasteiger partial charge in [-0.05, 0) is 72.0 Å². The third-order valence-electron chi connectivity index (χ3n) is 6.27. The van der Waals surface area contributed by atoms with Gasteiger partial charge in [0.05, 0.1) is 23.8 Å². The Morgan fingerprint density at radius 2 is 1.61 bits per heavy atom. The minimum atomic E-state index is -3.60. The molecule has 0 spiro atoms. The number of sulfonamides is 1. The minimum Gasteiger partial charge on any atom is -0.378 e. The SMILES string of the molecule is Cc1cccc(S(=O)(=O)N2CCc3cc(-c4ccc(C(=O)N5CCOCC5)cc4)ccc32)c1. The van der Waals surface area contributed by atoms with Crippen LogP contribution in [0.15, 0.2) is 71.6 Å². The number of carbonyl (C=O) groups is 1. The Balaban J connectivity index is 1.38. The Labute approximate surface area is 194 Å². The molecule has 0 aliphatic carbocycles. The predicted octanol–water partition coefficient (Wildman–Crippen LogP) is 3.89. The second kappa shape index (κ2) is 8.65. The van der Waals surface area contributed by atoms with E-state index in [9.17, 15) is 13.2 Å². The second-order valence-corrected chi connectivity index (χ2v) is 10.3. The van der Waals surface area contributed by atoms with Crippen LogP contribution in [-0.2, 0) is 21.2 Å². The molecule has 0 bridgehead atoms. The molecule has 170 valence electrons. The maximum atomic E-state index is 13.2. The highest BCUT2D eigenvalue weighted by molar-refractivity contribution is 7.92. The number of nitrogens with zero attached hydrogens (tertiary/aromatic N) is 2. The zero-order valence-corrected chi connectivity index (χ0v) is 19.3. The Morgan fingerprint density at radius 3 is 2.33 bits per heavy atom. The van der Waals surface area contributed by atoms with Crippen molar-refractivity contribution >= 4 is 21.6 Å². The van der Waals surface area contributed by atoms with Crippen LogP contribution in [0.4, 0.5) is 5.69 Å². The molecule has 5 rings (SSSR count). The average Bonchev–Trinajstić information content (AvgIpc) is 3.28. The summed E-state index contributed by atoms with van der Waals surface area (Å²) in [5.41, 5.74) is 5.33. The fourth-order valence-corrected chi connectivity index (χ4v) is 6.07. The molecular formula is C26H26N2O4S. The average molecular weight is 463 g/mol. The van der Waals surface area contributed by atoms with E-state index in [-0.39, 0.29) is 5.91 Å². The molecule has 7 heteroatoms. The topological polar surface area (TPSA) is 66.9 Å². The number of fused-ring (bicyclic) bond motifs is 1. The van der Waals surface area contributed by atoms with Gasteiger partial charge in [0.1, 0.15) is 0 Å². The van der Waals surface area contributed by atoms with Crippen LogP contribution in [0.2, 0.25) is 0 Å². The van der Waals surface area contributed by atoms with Gasteiger partial charge in [-0.3, -0.25) is 9.10 Å². The van der Waals surface area contributed by atoms with Crippen LogP contribution in [0, 0.1) is 6.92 Å². The van der Waals surface area contributed by atoms with E-state index in [1.54, 1.807) is 18.2 Å². The number of hydrogen-bond acceptors (Lipinski definition) is 4. The molecule has 1 fully saturated rings. The highest BCUT2D eigenvalue weighted by Gasteiger charge is 2.31. The van der Waals surface area contributed by atoms with E-state index < -0.39 is 10.0 Å². The van der Waals surface area contributed by atoms with Crippen LogP contribution in [0.3, 0.4) is 0 Å². The summed E-state index contributed by atoms with van der Waals surface area (Å²) in [6.45, 7) is 4.72. The van der Waals surface area contributed by atoms with E-state index in [1.807, 2.05) is 54.3 Å². The summed E-state index contributed by atoms with van der Waals surface area (Å²) in [5, 5.41) is 0. The summed E-state index contributed by atoms with van der Waals surface area (Å²) in [4.78, 5) is 14.8. The van der Waals surface area contributed by atoms with Crippen molar-refractivity contribution in [3.05, 3.63) is 83.4 Å². The molecule has 1 saturated heterocycles. The predicted molar refractivity (Wildman–Crippen MR) is 128 cm³/mol. The van der Waals surface area contributed by atoms with Crippen molar-refractivity contribution in [3.63, 3.8) is 0 Å². The summed E-state index contributed by atoms with van der Waals surface area (Å²) in [6, 6.07) is 20.5. The van der Waals surface area contributed by atoms with E-state index in [4.69, 9.17) is 4.74 Å². The summed E-state index contributed by atoms with van der Waals surface area (Å²) in [7, 11) is -3.60. The molecule has 1 amide bonds. The maximum Gasteiger partial charge on any atom is 0.264 e. The Kier molecular flexibility index (Phi) is 5.68. The van der Waals surface area contributed by atoms with Gasteiger partial charge in [0.25, 0.3) is 15.9 Å². The van der Waals surface area contributed by atoms with Crippen molar-refractivity contribution in [2.24, 2.45) is 0 Å². The second-order valence-electron chi connectivity index (χ2n) is 8.47. The first-order chi connectivity index (χ1) is 15.9. The first kappa shape index (κ1) is 21.7. The normalized spacial score (nSPS) is 16.0. The summed E-state index contributed by atoms with van der Waals surface area (Å²) in [6.07, 6.45) is 0.668. The molecule has 6 nitrogen and oxygen atoms in total. The molecule has 0 N–H and O–H groups in total. The Morgan fingerprint density at radius 1 is 0.879 bits per heavy atom. The number of carbonyl (C=O) groups excluding carboxylic acids is 1. The zero-order valence-electron chi connectivity index (χ0n) is 18.5. The standard InChI is InChI=1S/C26H26N2O4S/c1-19-3-2-4-24(17-19)33(30,31)28-12-11-23-18-22(9-10-25(23)28)20-5-7-21(8-6-20)26(29)27-13-15-32-16-14-27/h2-10,17-18H,11-16H2,1H3. The monoisotopic (exact) mass is 462 g/mol. The molecule has 33 heavy (non-hydrogen) atoms. The number of morpholine rings is 1. The summed E-state index contributed by atoms with van der Waals surface area (Å²) < 4.78 is 33.3. The van der Waals surface area contributed by atoms with Crippen molar-refractivity contribution in [2.75, 3.05) is 37.2 Å². The van der Waals surface area contributed by atoms with Crippen LogP contribution >= 0.6 is 0 Å². The summed E-state index contributed by atoms with van der Waals surface area (Å²) in [5.74, 6) is 0.0239. The van der Waals surface area contributed by atoms with E-state index in [0.717, 1.165) is 27.9 Å². The van der Waals surface area contributed by atoms with Crippen LogP contribution in [0.1, 0.15) is 21.5 Å². The van der Waals surface area contributed by atoms with Crippen molar-refractivity contribution in [3.8, 4) is 11.1 Å². The number of ether oxygens (including phenoxy) is 1. The van der Waals surface area contributed by atoms with E-state index in [2.05, 4.69) is 6.07 Å². The summed E-state index contributed by atoms with van der Waals surface area (Å²) >= 11 is 0. The number of hydrogen-bond donors (Lipinski definition) is 0. The lowest BCUT2D eigenvalue weighted by atomic mass is 10.0. The van der Waals surface area contributed by atoms with Crippen LogP contribution in [-0.4, -0.2) is 52.1 Å². The lowest BCUT2D eigenvalue weighted by Gasteiger charge is -2.26. The lowest BCUT2D eigenvalue weighted by Crippen LogP contribution is -2.40. The smallest absolute Gasteiger partial charge is 0.264 e. The number of rotatable bonds is 4. The van der Waals surface area contributed by atoms with Gasteiger partial charge in [0.2, 0.25) is 0 Å². The number of benzene rings is 3. The van der Waals surface area contributed by atoms with Gasteiger partial charge in [0, 0.05) is 25.2 Å². The number of anilines is 1. The lowest BCUT2D eigenvalue weighted by molar-refractivity contribution is 0.0303. The third kappa shape index (κ3) is 4.14. The van der Waals surface area contributed by atoms with Crippen LogP contribution < -0.4 is 4.31 Å². The highest BCUT2D eigenvalue weighted by atomic mass is 32.2. The quantitative estimate of drug-likeness (QED) is 0.590. The minimum absolute atomic E-state index is 0.0239. The molecule has 0 atom stereocenters. The zero-order chi connectivity index (χ0) is 23.0. The van der Waals surface area contributed by atoms with Crippen molar-refractivity contribution in [1.82, 2.24) is 4.90 Å². The molecule has 0 saturated carbocycles. The first-order valence-corrected chi connectivity index (χ1v) is 12.6. The Bertz CT molecular complexity index is 1300. The molecular weight excluding hydrogens is 436 g/mol. The fraction of sp³-hybridized carbons (Fsp3) is 0.269. The number of aryl methyl sites for hydroxylation is 1. The number of amides is 1. The largest absolute Gasteiger partial charge is 0.378 e. The molecule has 2 aliphatic heterocycles. The van der Waals surface area contributed by atoms with E-state index >= 15 is 0 Å². The van der Waals surface area contributed by atoms with Crippen LogP contribution in [0.5, 0.6) is 0 Å². The maximum absolute atomic E-state index is 13.2. The van der Waals surface area contributed by atoms with Crippen molar-refractivity contribution in [1.29, 1.82) is 0 Å². The molecule has 2 aliphatic rings. The van der Waals surface area contributed by atoms with Gasteiger partial charge in [-0.2, -0.15) is 0 Å². The van der Waals surface area contributed by atoms with Crippen molar-refractivity contribution < 1.29 is 17.9 Å². The van der Waals surface area contributed by atoms with Gasteiger partial charge >= 0.3 is 0 Å². The van der Waals surface area contributed by atoms with Gasteiger partial charge in [-0.1, -0.05) is 30.3 Å². The van der Waals surface area contributed by atoms with Gasteiger partial charge in [-0.15, -0.1) is 0 Å². The molecule has 3 aromatic carbocycles.